The first-order valence-corrected chi connectivity index (χ1v) is 5.47. The second-order valence-electron chi connectivity index (χ2n) is 3.55. The van der Waals surface area contributed by atoms with E-state index in [1.807, 2.05) is 38.4 Å². The first kappa shape index (κ1) is 15.3. The molecule has 1 aromatic rings. The summed E-state index contributed by atoms with van der Waals surface area (Å²) in [6.07, 6.45) is 3.83. The molecule has 0 bridgehead atoms. The molecule has 1 rings (SSSR count). The molecule has 5 N–H and O–H groups in total. The fourth-order valence-electron chi connectivity index (χ4n) is 1.16. The van der Waals surface area contributed by atoms with E-state index in [-0.39, 0.29) is 6.04 Å². The number of aliphatic imine (C=N–C) groups is 1. The summed E-state index contributed by atoms with van der Waals surface area (Å²) in [6.45, 7) is 3.64. The van der Waals surface area contributed by atoms with E-state index in [1.54, 1.807) is 6.08 Å². The van der Waals surface area contributed by atoms with Crippen LogP contribution in [0.3, 0.4) is 0 Å². The molecule has 0 saturated heterocycles. The molecule has 0 fully saturated rings. The predicted octanol–water partition coefficient (Wildman–Crippen LogP) is 1.20. The van der Waals surface area contributed by atoms with Gasteiger partial charge in [-0.1, -0.05) is 18.2 Å². The fourth-order valence-corrected chi connectivity index (χ4v) is 1.16. The van der Waals surface area contributed by atoms with Crippen molar-refractivity contribution in [3.05, 3.63) is 42.5 Å². The summed E-state index contributed by atoms with van der Waals surface area (Å²) < 4.78 is 0. The normalized spacial score (nSPS) is 11.7. The van der Waals surface area contributed by atoms with Gasteiger partial charge in [0.1, 0.15) is 0 Å². The van der Waals surface area contributed by atoms with Gasteiger partial charge in [-0.3, -0.25) is 0 Å². The van der Waals surface area contributed by atoms with Gasteiger partial charge < -0.3 is 16.8 Å². The van der Waals surface area contributed by atoms with Crippen LogP contribution < -0.4 is 16.8 Å². The Morgan fingerprint density at radius 3 is 2.29 bits per heavy atom. The maximum Gasteiger partial charge on any atom is 0.0860 e. The molecule has 17 heavy (non-hydrogen) atoms. The first-order valence-electron chi connectivity index (χ1n) is 5.47. The number of nitrogens with one attached hydrogen (secondary N) is 1. The molecule has 4 nitrogen and oxygen atoms in total. The van der Waals surface area contributed by atoms with E-state index in [9.17, 15) is 0 Å². The summed E-state index contributed by atoms with van der Waals surface area (Å²) >= 11 is 0. The summed E-state index contributed by atoms with van der Waals surface area (Å²) in [4.78, 5) is 3.95. The smallest absolute Gasteiger partial charge is 0.0860 e. The van der Waals surface area contributed by atoms with Crippen LogP contribution in [0.1, 0.15) is 5.56 Å². The van der Waals surface area contributed by atoms with E-state index in [4.69, 9.17) is 11.5 Å². The molecule has 0 aliphatic heterocycles. The van der Waals surface area contributed by atoms with Gasteiger partial charge in [0.05, 0.1) is 12.0 Å². The number of hydrogen-bond donors (Lipinski definition) is 3. The Labute approximate surface area is 103 Å². The Bertz CT molecular complexity index is 330. The number of rotatable bonds is 4. The summed E-state index contributed by atoms with van der Waals surface area (Å²) in [5.41, 5.74) is 12.9. The SMILES string of the molecule is C=CC(N)Cc1ccc(N=CN)cc1.CNC. The van der Waals surface area contributed by atoms with Crippen LogP contribution in [0.25, 0.3) is 0 Å². The third kappa shape index (κ3) is 7.27. The second kappa shape index (κ2) is 9.57. The van der Waals surface area contributed by atoms with Crippen molar-refractivity contribution in [1.29, 1.82) is 0 Å². The zero-order valence-corrected chi connectivity index (χ0v) is 10.6. The second-order valence-corrected chi connectivity index (χ2v) is 3.55. The molecular weight excluding hydrogens is 212 g/mol. The van der Waals surface area contributed by atoms with Gasteiger partial charge >= 0.3 is 0 Å². The topological polar surface area (TPSA) is 76.4 Å². The van der Waals surface area contributed by atoms with Gasteiger partial charge in [-0.05, 0) is 38.2 Å². The Hall–Kier alpha value is -1.65. The van der Waals surface area contributed by atoms with Crippen LogP contribution in [0.4, 0.5) is 5.69 Å². The minimum atomic E-state index is 0.0128. The third-order valence-electron chi connectivity index (χ3n) is 1.93. The van der Waals surface area contributed by atoms with Gasteiger partial charge in [0, 0.05) is 6.04 Å². The van der Waals surface area contributed by atoms with Crippen molar-refractivity contribution < 1.29 is 0 Å². The summed E-state index contributed by atoms with van der Waals surface area (Å²) in [7, 11) is 3.75. The lowest BCUT2D eigenvalue weighted by molar-refractivity contribution is 0.812. The van der Waals surface area contributed by atoms with Crippen molar-refractivity contribution in [2.45, 2.75) is 12.5 Å². The molecule has 1 unspecified atom stereocenters. The Morgan fingerprint density at radius 1 is 1.35 bits per heavy atom. The lowest BCUT2D eigenvalue weighted by atomic mass is 10.1. The van der Waals surface area contributed by atoms with E-state index >= 15 is 0 Å². The predicted molar refractivity (Wildman–Crippen MR) is 75.6 cm³/mol. The zero-order chi connectivity index (χ0) is 13.1. The first-order chi connectivity index (χ1) is 8.17. The molecule has 1 aromatic carbocycles. The Kier molecular flexibility index (Phi) is 8.64. The largest absolute Gasteiger partial charge is 0.390 e. The molecule has 0 aromatic heterocycles. The standard InChI is InChI=1S/C11H15N3.C2H7N/c1-2-10(13)7-9-3-5-11(6-4-9)14-8-12;1-3-2/h2-6,8,10H,1,7,13H2,(H2,12,14);3H,1-2H3. The summed E-state index contributed by atoms with van der Waals surface area (Å²) in [5.74, 6) is 0. The molecule has 4 heteroatoms. The average molecular weight is 234 g/mol. The minimum Gasteiger partial charge on any atom is -0.390 e. The van der Waals surface area contributed by atoms with E-state index in [0.29, 0.717) is 0 Å². The Morgan fingerprint density at radius 2 is 1.88 bits per heavy atom. The monoisotopic (exact) mass is 234 g/mol. The van der Waals surface area contributed by atoms with E-state index in [2.05, 4.69) is 16.9 Å². The van der Waals surface area contributed by atoms with Crippen LogP contribution in [-0.4, -0.2) is 26.5 Å². The molecule has 94 valence electrons. The molecule has 0 spiro atoms. The Balaban J connectivity index is 0.000000770. The van der Waals surface area contributed by atoms with Crippen LogP contribution in [0.5, 0.6) is 0 Å². The van der Waals surface area contributed by atoms with Gasteiger partial charge in [0.2, 0.25) is 0 Å². The van der Waals surface area contributed by atoms with Crippen LogP contribution in [0, 0.1) is 0 Å². The zero-order valence-electron chi connectivity index (χ0n) is 10.6. The van der Waals surface area contributed by atoms with Crippen LogP contribution >= 0.6 is 0 Å². The van der Waals surface area contributed by atoms with E-state index in [1.165, 1.54) is 11.9 Å². The molecule has 0 saturated carbocycles. The molecule has 0 radical (unpaired) electrons. The quantitative estimate of drug-likeness (QED) is 0.416. The highest BCUT2D eigenvalue weighted by Crippen LogP contribution is 2.13. The van der Waals surface area contributed by atoms with Crippen molar-refractivity contribution in [2.24, 2.45) is 16.5 Å². The molecule has 1 atom stereocenters. The third-order valence-corrected chi connectivity index (χ3v) is 1.93. The van der Waals surface area contributed by atoms with Crippen LogP contribution in [-0.2, 0) is 6.42 Å². The van der Waals surface area contributed by atoms with Crippen LogP contribution in [0.2, 0.25) is 0 Å². The summed E-state index contributed by atoms with van der Waals surface area (Å²) in [6, 6.07) is 7.82. The average Bonchev–Trinajstić information content (AvgIpc) is 2.33. The van der Waals surface area contributed by atoms with Crippen molar-refractivity contribution in [2.75, 3.05) is 14.1 Å². The van der Waals surface area contributed by atoms with Gasteiger partial charge in [-0.15, -0.1) is 6.58 Å². The van der Waals surface area contributed by atoms with Crippen molar-refractivity contribution in [1.82, 2.24) is 5.32 Å². The van der Waals surface area contributed by atoms with Gasteiger partial charge in [0.25, 0.3) is 0 Å². The molecule has 0 aliphatic rings. The molecule has 0 heterocycles. The minimum absolute atomic E-state index is 0.0128. The molecular formula is C13H22N4. The fraction of sp³-hybridized carbons (Fsp3) is 0.308. The number of nitrogens with two attached hydrogens (primary N) is 2. The maximum absolute atomic E-state index is 5.73. The van der Waals surface area contributed by atoms with Crippen molar-refractivity contribution in [3.63, 3.8) is 0 Å². The molecule has 0 aliphatic carbocycles. The van der Waals surface area contributed by atoms with Crippen LogP contribution in [0.15, 0.2) is 41.9 Å². The van der Waals surface area contributed by atoms with Crippen molar-refractivity contribution in [3.8, 4) is 0 Å². The highest BCUT2D eigenvalue weighted by Gasteiger charge is 1.98. The van der Waals surface area contributed by atoms with Crippen molar-refractivity contribution >= 4 is 12.0 Å². The number of nitrogens with zero attached hydrogens (tertiary/aromatic N) is 1. The highest BCUT2D eigenvalue weighted by atomic mass is 14.8. The van der Waals surface area contributed by atoms with Gasteiger partial charge in [0.15, 0.2) is 0 Å². The van der Waals surface area contributed by atoms with E-state index in [0.717, 1.165) is 12.1 Å². The lowest BCUT2D eigenvalue weighted by Gasteiger charge is -2.05. The number of hydrogen-bond acceptors (Lipinski definition) is 3. The molecule has 0 amide bonds. The highest BCUT2D eigenvalue weighted by molar-refractivity contribution is 5.58. The van der Waals surface area contributed by atoms with Gasteiger partial charge in [-0.25, -0.2) is 4.99 Å². The maximum atomic E-state index is 5.73. The lowest BCUT2D eigenvalue weighted by Crippen LogP contribution is -2.19. The van der Waals surface area contributed by atoms with E-state index < -0.39 is 0 Å². The summed E-state index contributed by atoms with van der Waals surface area (Å²) in [5, 5.41) is 2.75. The van der Waals surface area contributed by atoms with Gasteiger partial charge in [-0.2, -0.15) is 0 Å². The number of benzene rings is 1.